The summed E-state index contributed by atoms with van der Waals surface area (Å²) < 4.78 is 23.3. The van der Waals surface area contributed by atoms with Gasteiger partial charge < -0.3 is 0 Å². The molecule has 0 unspecified atom stereocenters. The van der Waals surface area contributed by atoms with Crippen LogP contribution in [0.1, 0.15) is 0 Å². The number of hydrogen-bond donors (Lipinski definition) is 1. The molecular weight excluding hydrogens is 218 g/mol. The first kappa shape index (κ1) is 11.3. The Kier molecular flexibility index (Phi) is 3.71. The highest BCUT2D eigenvalue weighted by atomic mass is 32.2. The van der Waals surface area contributed by atoms with E-state index in [1.54, 1.807) is 36.6 Å². The summed E-state index contributed by atoms with van der Waals surface area (Å²) in [5, 5.41) is 7.49. The second-order valence-corrected chi connectivity index (χ2v) is 5.59. The Morgan fingerprint density at radius 2 is 1.93 bits per heavy atom. The number of hydrogen-bond acceptors (Lipinski definition) is 4. The van der Waals surface area contributed by atoms with E-state index in [2.05, 4.69) is 0 Å². The maximum absolute atomic E-state index is 11.6. The molecule has 1 aromatic rings. The maximum atomic E-state index is 11.6. The Morgan fingerprint density at radius 3 is 2.43 bits per heavy atom. The molecule has 5 heteroatoms. The molecule has 0 saturated carbocycles. The average Bonchev–Trinajstić information content (AvgIpc) is 2.18. The molecule has 0 aliphatic rings. The number of rotatable bonds is 3. The third-order valence-corrected chi connectivity index (χ3v) is 4.15. The van der Waals surface area contributed by atoms with Gasteiger partial charge in [0.2, 0.25) is 0 Å². The van der Waals surface area contributed by atoms with Gasteiger partial charge in [-0.2, -0.15) is 0 Å². The van der Waals surface area contributed by atoms with Crippen LogP contribution in [-0.2, 0) is 9.84 Å². The smallest absolute Gasteiger partial charge is 0.184 e. The van der Waals surface area contributed by atoms with Gasteiger partial charge in [0.05, 0.1) is 9.94 Å². The van der Waals surface area contributed by atoms with Gasteiger partial charge in [0, 0.05) is 0 Å². The van der Waals surface area contributed by atoms with Crippen molar-refractivity contribution in [3.63, 3.8) is 0 Å². The van der Waals surface area contributed by atoms with Crippen molar-refractivity contribution in [1.29, 1.82) is 5.41 Å². The van der Waals surface area contributed by atoms with Crippen LogP contribution in [0.2, 0.25) is 0 Å². The van der Waals surface area contributed by atoms with Gasteiger partial charge in [0.1, 0.15) is 5.75 Å². The third kappa shape index (κ3) is 2.85. The topological polar surface area (TPSA) is 58.0 Å². The molecule has 1 N–H and O–H groups in total. The molecule has 0 fully saturated rings. The lowest BCUT2D eigenvalue weighted by Crippen LogP contribution is -2.12. The van der Waals surface area contributed by atoms with E-state index >= 15 is 0 Å². The lowest BCUT2D eigenvalue weighted by Gasteiger charge is -2.03. The average molecular weight is 229 g/mol. The van der Waals surface area contributed by atoms with E-state index < -0.39 is 9.84 Å². The van der Waals surface area contributed by atoms with E-state index in [-0.39, 0.29) is 15.7 Å². The summed E-state index contributed by atoms with van der Waals surface area (Å²) in [5.74, 6) is -0.210. The van der Waals surface area contributed by atoms with E-state index in [1.807, 2.05) is 0 Å². The molecule has 1 rings (SSSR count). The molecule has 0 saturated heterocycles. The van der Waals surface area contributed by atoms with Crippen LogP contribution in [-0.4, -0.2) is 25.5 Å². The maximum Gasteiger partial charge on any atom is 0.184 e. The third-order valence-electron chi connectivity index (χ3n) is 1.67. The highest BCUT2D eigenvalue weighted by Gasteiger charge is 2.15. The van der Waals surface area contributed by atoms with Gasteiger partial charge in [-0.3, -0.25) is 5.41 Å². The van der Waals surface area contributed by atoms with Crippen LogP contribution >= 0.6 is 11.8 Å². The first-order valence-electron chi connectivity index (χ1n) is 3.95. The van der Waals surface area contributed by atoms with Crippen molar-refractivity contribution in [2.75, 3.05) is 12.0 Å². The SMILES string of the molecule is CSC(=N)CS(=O)(=O)c1ccccc1. The molecule has 3 nitrogen and oxygen atoms in total. The quantitative estimate of drug-likeness (QED) is 0.635. The normalized spacial score (nSPS) is 11.2. The zero-order valence-electron chi connectivity index (χ0n) is 7.73. The van der Waals surface area contributed by atoms with Crippen LogP contribution in [0.15, 0.2) is 35.2 Å². The van der Waals surface area contributed by atoms with Crippen molar-refractivity contribution < 1.29 is 8.42 Å². The summed E-state index contributed by atoms with van der Waals surface area (Å²) in [6.45, 7) is 0. The number of thioether (sulfide) groups is 1. The van der Waals surface area contributed by atoms with E-state index in [1.165, 1.54) is 0 Å². The van der Waals surface area contributed by atoms with E-state index in [4.69, 9.17) is 5.41 Å². The van der Waals surface area contributed by atoms with Gasteiger partial charge >= 0.3 is 0 Å². The molecule has 0 spiro atoms. The van der Waals surface area contributed by atoms with Crippen LogP contribution in [0.3, 0.4) is 0 Å². The molecule has 0 bridgehead atoms. The number of sulfone groups is 1. The molecule has 0 amide bonds. The second kappa shape index (κ2) is 4.61. The molecule has 0 aliphatic carbocycles. The highest BCUT2D eigenvalue weighted by molar-refractivity contribution is 8.14. The Bertz CT molecular complexity index is 412. The zero-order chi connectivity index (χ0) is 10.6. The Balaban J connectivity index is 2.93. The van der Waals surface area contributed by atoms with E-state index in [0.29, 0.717) is 0 Å². The fourth-order valence-corrected chi connectivity index (χ4v) is 2.96. The van der Waals surface area contributed by atoms with Crippen molar-refractivity contribution in [2.45, 2.75) is 4.90 Å². The molecule has 76 valence electrons. The minimum atomic E-state index is -3.32. The summed E-state index contributed by atoms with van der Waals surface area (Å²) in [4.78, 5) is 0.277. The van der Waals surface area contributed by atoms with Gasteiger partial charge in [0.15, 0.2) is 9.84 Å². The van der Waals surface area contributed by atoms with Crippen LogP contribution in [0, 0.1) is 5.41 Å². The first-order valence-corrected chi connectivity index (χ1v) is 6.83. The summed E-state index contributed by atoms with van der Waals surface area (Å²) in [6, 6.07) is 8.20. The van der Waals surface area contributed by atoms with Gasteiger partial charge in [-0.1, -0.05) is 18.2 Å². The second-order valence-electron chi connectivity index (χ2n) is 2.70. The number of nitrogens with one attached hydrogen (secondary N) is 1. The summed E-state index contributed by atoms with van der Waals surface area (Å²) in [7, 11) is -3.32. The van der Waals surface area contributed by atoms with Crippen molar-refractivity contribution in [2.24, 2.45) is 0 Å². The van der Waals surface area contributed by atoms with Crippen molar-refractivity contribution >= 4 is 26.6 Å². The molecule has 1 aromatic carbocycles. The minimum absolute atomic E-state index is 0.161. The van der Waals surface area contributed by atoms with Crippen molar-refractivity contribution in [3.05, 3.63) is 30.3 Å². The Hall–Kier alpha value is -0.810. The van der Waals surface area contributed by atoms with Gasteiger partial charge in [-0.25, -0.2) is 8.42 Å². The number of benzene rings is 1. The van der Waals surface area contributed by atoms with Crippen LogP contribution < -0.4 is 0 Å². The molecule has 0 aromatic heterocycles. The molecule has 0 aliphatic heterocycles. The van der Waals surface area contributed by atoms with Crippen LogP contribution in [0.5, 0.6) is 0 Å². The van der Waals surface area contributed by atoms with Gasteiger partial charge in [-0.15, -0.1) is 11.8 Å². The van der Waals surface area contributed by atoms with Gasteiger partial charge in [-0.05, 0) is 18.4 Å². The summed E-state index contributed by atoms with van der Waals surface area (Å²) in [6.07, 6.45) is 1.70. The predicted octanol–water partition coefficient (Wildman–Crippen LogP) is 1.80. The van der Waals surface area contributed by atoms with E-state index in [9.17, 15) is 8.42 Å². The molecule has 14 heavy (non-hydrogen) atoms. The summed E-state index contributed by atoms with van der Waals surface area (Å²) in [5.41, 5.74) is 0. The molecule has 0 radical (unpaired) electrons. The fourth-order valence-electron chi connectivity index (χ4n) is 0.943. The van der Waals surface area contributed by atoms with Crippen molar-refractivity contribution in [1.82, 2.24) is 0 Å². The van der Waals surface area contributed by atoms with Crippen molar-refractivity contribution in [3.8, 4) is 0 Å². The first-order chi connectivity index (χ1) is 6.56. The van der Waals surface area contributed by atoms with Gasteiger partial charge in [0.25, 0.3) is 0 Å². The predicted molar refractivity (Wildman–Crippen MR) is 59.7 cm³/mol. The molecular formula is C9H11NO2S2. The Labute approximate surface area is 88.0 Å². The standard InChI is InChI=1S/C9H11NO2S2/c1-13-9(10)7-14(11,12)8-5-3-2-4-6-8/h2-6,10H,7H2,1H3. The van der Waals surface area contributed by atoms with Crippen LogP contribution in [0.4, 0.5) is 0 Å². The molecule has 0 atom stereocenters. The monoisotopic (exact) mass is 229 g/mol. The Morgan fingerprint density at radius 1 is 1.36 bits per heavy atom. The van der Waals surface area contributed by atoms with Crippen LogP contribution in [0.25, 0.3) is 0 Å². The summed E-state index contributed by atoms with van der Waals surface area (Å²) >= 11 is 1.15. The largest absolute Gasteiger partial charge is 0.297 e. The lowest BCUT2D eigenvalue weighted by molar-refractivity contribution is 0.600. The highest BCUT2D eigenvalue weighted by Crippen LogP contribution is 2.12. The minimum Gasteiger partial charge on any atom is -0.297 e. The van der Waals surface area contributed by atoms with E-state index in [0.717, 1.165) is 11.8 Å². The zero-order valence-corrected chi connectivity index (χ0v) is 9.36. The lowest BCUT2D eigenvalue weighted by atomic mass is 10.4. The molecule has 0 heterocycles. The fraction of sp³-hybridized carbons (Fsp3) is 0.222.